The van der Waals surface area contributed by atoms with Gasteiger partial charge in [-0.25, -0.2) is 4.98 Å². The monoisotopic (exact) mass is 368 g/mol. The molecule has 0 amide bonds. The summed E-state index contributed by atoms with van der Waals surface area (Å²) in [6.07, 6.45) is 6.74. The Balaban J connectivity index is 1.88. The SMILES string of the molecule is CCCCSc1nc2nn(-c3ccccc3)c(=O)c-2c2n1CCCCC2. The largest absolute Gasteiger partial charge is 0.324 e. The zero-order chi connectivity index (χ0) is 17.9. The molecular weight excluding hydrogens is 344 g/mol. The van der Waals surface area contributed by atoms with Crippen molar-refractivity contribution < 1.29 is 0 Å². The van der Waals surface area contributed by atoms with E-state index in [2.05, 4.69) is 16.6 Å². The van der Waals surface area contributed by atoms with E-state index in [1.807, 2.05) is 30.3 Å². The van der Waals surface area contributed by atoms with Gasteiger partial charge < -0.3 is 4.57 Å². The molecule has 1 aromatic rings. The van der Waals surface area contributed by atoms with Crippen LogP contribution in [0.5, 0.6) is 0 Å². The standard InChI is InChI=1S/C20H24N4OS/c1-2-3-14-26-20-21-18-17(16-12-8-5-9-13-23(16)20)19(25)24(22-18)15-10-6-4-7-11-15/h4,6-7,10-11H,2-3,5,8-9,12-14H2,1H3. The Kier molecular flexibility index (Phi) is 5.11. The molecule has 0 unspecified atom stereocenters. The second-order valence-electron chi connectivity index (χ2n) is 6.76. The minimum atomic E-state index is -0.0468. The van der Waals surface area contributed by atoms with Gasteiger partial charge in [-0.3, -0.25) is 4.79 Å². The van der Waals surface area contributed by atoms with Crippen LogP contribution in [0.1, 0.15) is 44.7 Å². The lowest BCUT2D eigenvalue weighted by Gasteiger charge is -2.17. The molecule has 3 aliphatic rings. The van der Waals surface area contributed by atoms with E-state index in [0.29, 0.717) is 11.4 Å². The molecule has 0 spiro atoms. The van der Waals surface area contributed by atoms with E-state index in [0.717, 1.165) is 48.1 Å². The number of thioether (sulfide) groups is 1. The highest BCUT2D eigenvalue weighted by Crippen LogP contribution is 2.30. The Morgan fingerprint density at radius 1 is 1.15 bits per heavy atom. The minimum absolute atomic E-state index is 0.0468. The second kappa shape index (κ2) is 7.66. The summed E-state index contributed by atoms with van der Waals surface area (Å²) < 4.78 is 3.79. The van der Waals surface area contributed by atoms with Crippen molar-refractivity contribution in [3.05, 3.63) is 46.4 Å². The van der Waals surface area contributed by atoms with Crippen LogP contribution in [0, 0.1) is 0 Å². The molecule has 0 aliphatic carbocycles. The number of benzene rings is 1. The van der Waals surface area contributed by atoms with E-state index >= 15 is 0 Å². The highest BCUT2D eigenvalue weighted by molar-refractivity contribution is 7.99. The Bertz CT molecular complexity index is 916. The van der Waals surface area contributed by atoms with Gasteiger partial charge in [-0.05, 0) is 37.8 Å². The van der Waals surface area contributed by atoms with Crippen molar-refractivity contribution in [3.8, 4) is 17.1 Å². The molecule has 0 fully saturated rings. The van der Waals surface area contributed by atoms with Gasteiger partial charge in [0.15, 0.2) is 11.0 Å². The van der Waals surface area contributed by atoms with Gasteiger partial charge in [0.05, 0.1) is 5.69 Å². The molecule has 0 atom stereocenters. The number of fused-ring (bicyclic) bond motifs is 3. The van der Waals surface area contributed by atoms with Crippen molar-refractivity contribution in [2.24, 2.45) is 0 Å². The summed E-state index contributed by atoms with van der Waals surface area (Å²) >= 11 is 1.80. The molecule has 0 saturated heterocycles. The molecule has 0 bridgehead atoms. The summed E-state index contributed by atoms with van der Waals surface area (Å²) in [4.78, 5) is 17.9. The number of nitrogens with zero attached hydrogens (tertiary/aromatic N) is 4. The van der Waals surface area contributed by atoms with Crippen molar-refractivity contribution in [1.82, 2.24) is 19.3 Å². The summed E-state index contributed by atoms with van der Waals surface area (Å²) in [5.41, 5.74) is 2.58. The normalized spacial score (nSPS) is 14.3. The van der Waals surface area contributed by atoms with Gasteiger partial charge in [-0.2, -0.15) is 4.68 Å². The predicted molar refractivity (Wildman–Crippen MR) is 105 cm³/mol. The molecule has 0 saturated carbocycles. The van der Waals surface area contributed by atoms with Crippen LogP contribution in [0.15, 0.2) is 40.3 Å². The Morgan fingerprint density at radius 3 is 2.81 bits per heavy atom. The molecule has 0 N–H and O–H groups in total. The third-order valence-electron chi connectivity index (χ3n) is 4.90. The zero-order valence-electron chi connectivity index (χ0n) is 15.1. The maximum atomic E-state index is 13.1. The minimum Gasteiger partial charge on any atom is -0.324 e. The molecule has 3 aliphatic heterocycles. The number of para-hydroxylation sites is 1. The van der Waals surface area contributed by atoms with Crippen LogP contribution in [0.2, 0.25) is 0 Å². The Labute approximate surface area is 157 Å². The maximum Gasteiger partial charge on any atom is 0.284 e. The summed E-state index contributed by atoms with van der Waals surface area (Å²) in [5.74, 6) is 1.64. The Morgan fingerprint density at radius 2 is 2.00 bits per heavy atom. The van der Waals surface area contributed by atoms with Gasteiger partial charge in [0.2, 0.25) is 0 Å². The highest BCUT2D eigenvalue weighted by atomic mass is 32.2. The smallest absolute Gasteiger partial charge is 0.284 e. The van der Waals surface area contributed by atoms with Crippen LogP contribution in [0.4, 0.5) is 0 Å². The number of rotatable bonds is 5. The first-order valence-corrected chi connectivity index (χ1v) is 10.5. The van der Waals surface area contributed by atoms with Gasteiger partial charge in [0.25, 0.3) is 5.56 Å². The Hall–Kier alpha value is -2.08. The molecule has 0 radical (unpaired) electrons. The predicted octanol–water partition coefficient (Wildman–Crippen LogP) is 4.15. The fraction of sp³-hybridized carbons (Fsp3) is 0.450. The van der Waals surface area contributed by atoms with Crippen molar-refractivity contribution in [1.29, 1.82) is 0 Å². The van der Waals surface area contributed by atoms with Crippen molar-refractivity contribution in [2.45, 2.75) is 57.1 Å². The van der Waals surface area contributed by atoms with Crippen LogP contribution in [0.3, 0.4) is 0 Å². The van der Waals surface area contributed by atoms with E-state index in [1.165, 1.54) is 23.9 Å². The van der Waals surface area contributed by atoms with Crippen LogP contribution in [0.25, 0.3) is 17.1 Å². The first kappa shape index (κ1) is 17.3. The lowest BCUT2D eigenvalue weighted by molar-refractivity contribution is 0.571. The van der Waals surface area contributed by atoms with Crippen LogP contribution >= 0.6 is 11.8 Å². The topological polar surface area (TPSA) is 52.7 Å². The van der Waals surface area contributed by atoms with Crippen molar-refractivity contribution >= 4 is 11.8 Å². The van der Waals surface area contributed by atoms with Gasteiger partial charge in [0.1, 0.15) is 5.56 Å². The van der Waals surface area contributed by atoms with E-state index in [9.17, 15) is 4.79 Å². The third-order valence-corrected chi connectivity index (χ3v) is 5.96. The molecule has 4 rings (SSSR count). The molecule has 26 heavy (non-hydrogen) atoms. The molecule has 5 nitrogen and oxygen atoms in total. The maximum absolute atomic E-state index is 13.1. The van der Waals surface area contributed by atoms with Crippen molar-refractivity contribution in [3.63, 3.8) is 0 Å². The molecule has 6 heteroatoms. The quantitative estimate of drug-likeness (QED) is 0.386. The first-order valence-electron chi connectivity index (χ1n) is 9.50. The number of unbranched alkanes of at least 4 members (excludes halogenated alkanes) is 1. The zero-order valence-corrected chi connectivity index (χ0v) is 16.0. The van der Waals surface area contributed by atoms with Crippen LogP contribution in [-0.4, -0.2) is 25.1 Å². The summed E-state index contributed by atoms with van der Waals surface area (Å²) in [6, 6.07) is 9.62. The lowest BCUT2D eigenvalue weighted by Crippen LogP contribution is -2.19. The van der Waals surface area contributed by atoms with Gasteiger partial charge in [-0.15, -0.1) is 5.10 Å². The number of hydrogen-bond donors (Lipinski definition) is 0. The summed E-state index contributed by atoms with van der Waals surface area (Å²) in [5, 5.41) is 5.59. The summed E-state index contributed by atoms with van der Waals surface area (Å²) in [6.45, 7) is 3.15. The average molecular weight is 369 g/mol. The van der Waals surface area contributed by atoms with E-state index in [-0.39, 0.29) is 5.56 Å². The van der Waals surface area contributed by atoms with E-state index in [1.54, 1.807) is 11.8 Å². The second-order valence-corrected chi connectivity index (χ2v) is 7.82. The van der Waals surface area contributed by atoms with E-state index < -0.39 is 0 Å². The fourth-order valence-electron chi connectivity index (χ4n) is 3.52. The molecular formula is C20H24N4OS. The average Bonchev–Trinajstić information content (AvgIpc) is 2.84. The molecule has 1 aromatic carbocycles. The lowest BCUT2D eigenvalue weighted by atomic mass is 10.1. The van der Waals surface area contributed by atoms with E-state index in [4.69, 9.17) is 4.98 Å². The van der Waals surface area contributed by atoms with Gasteiger partial charge >= 0.3 is 0 Å². The highest BCUT2D eigenvalue weighted by Gasteiger charge is 2.26. The number of hydrogen-bond acceptors (Lipinski definition) is 4. The molecule has 0 aromatic heterocycles. The third kappa shape index (κ3) is 3.18. The van der Waals surface area contributed by atoms with Crippen LogP contribution < -0.4 is 5.56 Å². The fourth-order valence-corrected chi connectivity index (χ4v) is 4.64. The molecule has 136 valence electrons. The van der Waals surface area contributed by atoms with Gasteiger partial charge in [0, 0.05) is 18.0 Å². The summed E-state index contributed by atoms with van der Waals surface area (Å²) in [7, 11) is 0. The number of aromatic nitrogens is 4. The molecule has 3 heterocycles. The van der Waals surface area contributed by atoms with Crippen LogP contribution in [-0.2, 0) is 13.0 Å². The van der Waals surface area contributed by atoms with Crippen molar-refractivity contribution in [2.75, 3.05) is 5.75 Å². The van der Waals surface area contributed by atoms with Gasteiger partial charge in [-0.1, -0.05) is 49.7 Å². The first-order chi connectivity index (χ1) is 12.8.